The van der Waals surface area contributed by atoms with Crippen LogP contribution in [-0.2, 0) is 10.7 Å². The lowest BCUT2D eigenvalue weighted by Gasteiger charge is -2.38. The van der Waals surface area contributed by atoms with Crippen LogP contribution >= 0.6 is 0 Å². The zero-order valence-electron chi connectivity index (χ0n) is 16.9. The Hall–Kier alpha value is -1.51. The molecule has 4 rings (SSSR count). The Morgan fingerprint density at radius 3 is 2.21 bits per heavy atom. The lowest BCUT2D eigenvalue weighted by atomic mass is 9.68. The van der Waals surface area contributed by atoms with Gasteiger partial charge in [-0.3, -0.25) is 4.79 Å². The Morgan fingerprint density at radius 2 is 1.57 bits per heavy atom. The standard InChI is InChI=1S/C25H32F2O/c1-2-3-17-4-6-18(7-5-17)19-8-10-20(11-9-19)21-12-14-23-22(16-21)13-15-24(28)25(23,26)27/h12-20H,2-11H2,1H3. The highest BCUT2D eigenvalue weighted by Gasteiger charge is 2.42. The monoisotopic (exact) mass is 386 g/mol. The molecule has 0 bridgehead atoms. The molecule has 0 radical (unpaired) electrons. The maximum atomic E-state index is 14.1. The maximum absolute atomic E-state index is 14.1. The summed E-state index contributed by atoms with van der Waals surface area (Å²) in [6.07, 6.45) is 15.8. The van der Waals surface area contributed by atoms with E-state index in [4.69, 9.17) is 0 Å². The van der Waals surface area contributed by atoms with Crippen LogP contribution in [0.15, 0.2) is 24.3 Å². The Bertz CT molecular complexity index is 735. The van der Waals surface area contributed by atoms with Crippen molar-refractivity contribution in [3.05, 3.63) is 41.0 Å². The number of halogens is 2. The van der Waals surface area contributed by atoms with Crippen LogP contribution in [0, 0.1) is 17.8 Å². The van der Waals surface area contributed by atoms with Crippen molar-refractivity contribution in [3.8, 4) is 0 Å². The second kappa shape index (κ2) is 8.08. The average Bonchev–Trinajstić information content (AvgIpc) is 2.72. The molecule has 1 aromatic carbocycles. The van der Waals surface area contributed by atoms with E-state index in [9.17, 15) is 13.6 Å². The van der Waals surface area contributed by atoms with Crippen LogP contribution in [-0.4, -0.2) is 5.78 Å². The number of carbonyl (C=O) groups excluding carboxylic acids is 1. The van der Waals surface area contributed by atoms with Crippen LogP contribution in [0.4, 0.5) is 8.78 Å². The van der Waals surface area contributed by atoms with Crippen molar-refractivity contribution < 1.29 is 13.6 Å². The van der Waals surface area contributed by atoms with Gasteiger partial charge in [-0.15, -0.1) is 0 Å². The van der Waals surface area contributed by atoms with E-state index in [0.29, 0.717) is 11.5 Å². The van der Waals surface area contributed by atoms with Gasteiger partial charge >= 0.3 is 5.92 Å². The Balaban J connectivity index is 1.36. The molecule has 0 unspecified atom stereocenters. The molecule has 2 fully saturated rings. The molecule has 0 atom stereocenters. The molecule has 0 heterocycles. The first-order valence-electron chi connectivity index (χ1n) is 11.2. The van der Waals surface area contributed by atoms with Gasteiger partial charge in [-0.1, -0.05) is 56.9 Å². The highest BCUT2D eigenvalue weighted by atomic mass is 19.3. The van der Waals surface area contributed by atoms with Crippen LogP contribution in [0.2, 0.25) is 0 Å². The average molecular weight is 387 g/mol. The van der Waals surface area contributed by atoms with E-state index in [-0.39, 0.29) is 5.56 Å². The number of fused-ring (bicyclic) bond motifs is 1. The van der Waals surface area contributed by atoms with Gasteiger partial charge in [0.05, 0.1) is 0 Å². The zero-order chi connectivity index (χ0) is 19.7. The molecule has 0 spiro atoms. The SMILES string of the molecule is CCCC1CCC(C2CCC(c3ccc4c(c3)C=CC(=O)C4(F)F)CC2)CC1. The minimum Gasteiger partial charge on any atom is -0.288 e. The molecule has 1 aromatic rings. The number of benzene rings is 1. The molecule has 152 valence electrons. The summed E-state index contributed by atoms with van der Waals surface area (Å²) in [7, 11) is 0. The molecule has 0 aromatic heterocycles. The van der Waals surface area contributed by atoms with Crippen molar-refractivity contribution in [2.45, 2.75) is 83.0 Å². The first-order chi connectivity index (χ1) is 13.5. The largest absolute Gasteiger partial charge is 0.334 e. The molecule has 28 heavy (non-hydrogen) atoms. The van der Waals surface area contributed by atoms with Crippen molar-refractivity contribution in [2.24, 2.45) is 17.8 Å². The third-order valence-electron chi connectivity index (χ3n) is 7.64. The summed E-state index contributed by atoms with van der Waals surface area (Å²) >= 11 is 0. The van der Waals surface area contributed by atoms with E-state index in [1.54, 1.807) is 6.08 Å². The number of allylic oxidation sites excluding steroid dienone is 1. The fraction of sp³-hybridized carbons (Fsp3) is 0.640. The van der Waals surface area contributed by atoms with Gasteiger partial charge in [0.25, 0.3) is 0 Å². The van der Waals surface area contributed by atoms with Crippen molar-refractivity contribution in [1.29, 1.82) is 0 Å². The van der Waals surface area contributed by atoms with Gasteiger partial charge in [0.15, 0.2) is 0 Å². The molecular weight excluding hydrogens is 354 g/mol. The quantitative estimate of drug-likeness (QED) is 0.532. The van der Waals surface area contributed by atoms with Crippen molar-refractivity contribution in [1.82, 2.24) is 0 Å². The normalized spacial score (nSPS) is 32.2. The summed E-state index contributed by atoms with van der Waals surface area (Å²) in [6.45, 7) is 2.29. The summed E-state index contributed by atoms with van der Waals surface area (Å²) in [5.74, 6) is -1.29. The minimum atomic E-state index is -3.38. The van der Waals surface area contributed by atoms with Crippen molar-refractivity contribution in [3.63, 3.8) is 0 Å². The molecule has 3 heteroatoms. The molecule has 1 nitrogen and oxygen atoms in total. The Labute approximate surface area is 167 Å². The number of ketones is 1. The predicted molar refractivity (Wildman–Crippen MR) is 109 cm³/mol. The molecule has 3 aliphatic rings. The summed E-state index contributed by atoms with van der Waals surface area (Å²) < 4.78 is 28.2. The number of hydrogen-bond acceptors (Lipinski definition) is 1. The first kappa shape index (κ1) is 19.8. The third kappa shape index (κ3) is 3.82. The fourth-order valence-corrected chi connectivity index (χ4v) is 5.94. The van der Waals surface area contributed by atoms with Gasteiger partial charge in [-0.05, 0) is 79.4 Å². The lowest BCUT2D eigenvalue weighted by molar-refractivity contribution is -0.139. The first-order valence-corrected chi connectivity index (χ1v) is 11.2. The molecule has 0 N–H and O–H groups in total. The fourth-order valence-electron chi connectivity index (χ4n) is 5.94. The van der Waals surface area contributed by atoms with Gasteiger partial charge in [-0.25, -0.2) is 0 Å². The van der Waals surface area contributed by atoms with Gasteiger partial charge < -0.3 is 0 Å². The molecule has 2 saturated carbocycles. The molecule has 0 aliphatic heterocycles. The molecule has 0 saturated heterocycles. The lowest BCUT2D eigenvalue weighted by Crippen LogP contribution is -2.28. The Morgan fingerprint density at radius 1 is 0.929 bits per heavy atom. The van der Waals surface area contributed by atoms with Gasteiger partial charge in [0.1, 0.15) is 0 Å². The summed E-state index contributed by atoms with van der Waals surface area (Å²) in [6, 6.07) is 5.21. The number of carbonyl (C=O) groups is 1. The smallest absolute Gasteiger partial charge is 0.288 e. The summed E-state index contributed by atoms with van der Waals surface area (Å²) in [5.41, 5.74) is 1.54. The summed E-state index contributed by atoms with van der Waals surface area (Å²) in [5, 5.41) is 0. The predicted octanol–water partition coefficient (Wildman–Crippen LogP) is 7.25. The van der Waals surface area contributed by atoms with Gasteiger partial charge in [0.2, 0.25) is 5.78 Å². The van der Waals surface area contributed by atoms with Crippen molar-refractivity contribution in [2.75, 3.05) is 0 Å². The maximum Gasteiger partial charge on any atom is 0.334 e. The van der Waals surface area contributed by atoms with E-state index < -0.39 is 11.7 Å². The number of hydrogen-bond donors (Lipinski definition) is 0. The molecule has 0 amide bonds. The summed E-state index contributed by atoms with van der Waals surface area (Å²) in [4.78, 5) is 11.5. The highest BCUT2D eigenvalue weighted by Crippen LogP contribution is 2.45. The number of alkyl halides is 2. The van der Waals surface area contributed by atoms with E-state index in [1.807, 2.05) is 12.1 Å². The van der Waals surface area contributed by atoms with Gasteiger partial charge in [-0.2, -0.15) is 8.78 Å². The van der Waals surface area contributed by atoms with E-state index in [2.05, 4.69) is 6.92 Å². The molecular formula is C25H32F2O. The second-order valence-corrected chi connectivity index (χ2v) is 9.30. The Kier molecular flexibility index (Phi) is 5.71. The zero-order valence-corrected chi connectivity index (χ0v) is 16.9. The molecule has 3 aliphatic carbocycles. The second-order valence-electron chi connectivity index (χ2n) is 9.30. The number of rotatable bonds is 4. The third-order valence-corrected chi connectivity index (χ3v) is 7.64. The van der Waals surface area contributed by atoms with E-state index >= 15 is 0 Å². The van der Waals surface area contributed by atoms with E-state index in [1.165, 1.54) is 63.0 Å². The van der Waals surface area contributed by atoms with Crippen LogP contribution in [0.25, 0.3) is 6.08 Å². The van der Waals surface area contributed by atoms with Crippen LogP contribution in [0.3, 0.4) is 0 Å². The van der Waals surface area contributed by atoms with Crippen LogP contribution in [0.5, 0.6) is 0 Å². The van der Waals surface area contributed by atoms with Crippen molar-refractivity contribution >= 4 is 11.9 Å². The highest BCUT2D eigenvalue weighted by molar-refractivity contribution is 6.02. The van der Waals surface area contributed by atoms with Crippen LogP contribution < -0.4 is 0 Å². The van der Waals surface area contributed by atoms with Crippen LogP contribution in [0.1, 0.15) is 93.7 Å². The van der Waals surface area contributed by atoms with Gasteiger partial charge in [0, 0.05) is 5.56 Å². The topological polar surface area (TPSA) is 17.1 Å². The van der Waals surface area contributed by atoms with E-state index in [0.717, 1.165) is 36.7 Å². The minimum absolute atomic E-state index is 0.138.